The van der Waals surface area contributed by atoms with E-state index < -0.39 is 0 Å². The summed E-state index contributed by atoms with van der Waals surface area (Å²) in [6.07, 6.45) is 1.48. The summed E-state index contributed by atoms with van der Waals surface area (Å²) < 4.78 is 5.16. The zero-order valence-corrected chi connectivity index (χ0v) is 10.2. The molecule has 1 amide bonds. The fraction of sp³-hybridized carbons (Fsp3) is 0.167. The van der Waals surface area contributed by atoms with Gasteiger partial charge >= 0.3 is 0 Å². The molecule has 0 saturated carbocycles. The fourth-order valence-electron chi connectivity index (χ4n) is 1.58. The summed E-state index contributed by atoms with van der Waals surface area (Å²) in [6, 6.07) is 5.04. The van der Waals surface area contributed by atoms with E-state index in [9.17, 15) is 4.79 Å². The molecular weight excluding hydrogens is 232 g/mol. The van der Waals surface area contributed by atoms with E-state index in [0.717, 1.165) is 0 Å². The second-order valence-electron chi connectivity index (χ2n) is 3.82. The number of carbonyl (C=O) groups is 1. The van der Waals surface area contributed by atoms with Gasteiger partial charge in [0.15, 0.2) is 0 Å². The summed E-state index contributed by atoms with van der Waals surface area (Å²) in [7, 11) is 1.52. The van der Waals surface area contributed by atoms with Crippen LogP contribution < -0.4 is 15.8 Å². The van der Waals surface area contributed by atoms with E-state index in [1.54, 1.807) is 25.1 Å². The average Bonchev–Trinajstić information content (AvgIpc) is 2.77. The number of aromatic nitrogens is 2. The van der Waals surface area contributed by atoms with E-state index in [0.29, 0.717) is 28.4 Å². The summed E-state index contributed by atoms with van der Waals surface area (Å²) >= 11 is 0. The molecule has 4 N–H and O–H groups in total. The number of benzene rings is 1. The molecule has 6 heteroatoms. The van der Waals surface area contributed by atoms with Gasteiger partial charge in [0.1, 0.15) is 5.75 Å². The zero-order valence-electron chi connectivity index (χ0n) is 10.2. The lowest BCUT2D eigenvalue weighted by atomic mass is 10.2. The number of hydrogen-bond donors (Lipinski definition) is 3. The molecule has 0 aliphatic carbocycles. The van der Waals surface area contributed by atoms with Crippen molar-refractivity contribution in [2.45, 2.75) is 6.92 Å². The number of ether oxygens (including phenoxy) is 1. The van der Waals surface area contributed by atoms with Crippen LogP contribution in [0.1, 0.15) is 16.1 Å². The molecule has 18 heavy (non-hydrogen) atoms. The molecule has 0 spiro atoms. The van der Waals surface area contributed by atoms with E-state index in [1.165, 1.54) is 13.3 Å². The van der Waals surface area contributed by atoms with Gasteiger partial charge in [-0.15, -0.1) is 0 Å². The molecule has 0 fully saturated rings. The lowest BCUT2D eigenvalue weighted by Gasteiger charge is -2.10. The quantitative estimate of drug-likeness (QED) is 0.716. The summed E-state index contributed by atoms with van der Waals surface area (Å²) in [4.78, 5) is 12.0. The summed E-state index contributed by atoms with van der Waals surface area (Å²) in [6.45, 7) is 1.78. The van der Waals surface area contributed by atoms with Gasteiger partial charge in [-0.05, 0) is 19.1 Å². The maximum Gasteiger partial charge on any atom is 0.259 e. The highest BCUT2D eigenvalue weighted by molar-refractivity contribution is 6.05. The first-order valence-electron chi connectivity index (χ1n) is 5.36. The summed E-state index contributed by atoms with van der Waals surface area (Å²) in [5.41, 5.74) is 7.99. The zero-order chi connectivity index (χ0) is 13.1. The Balaban J connectivity index is 2.24. The standard InChI is InChI=1S/C12H14N4O2/c1-7-9(6-14-16-7)12(17)15-10-4-3-8(13)5-11(10)18-2/h3-6H,13H2,1-2H3,(H,14,16)(H,15,17). The minimum absolute atomic E-state index is 0.246. The third-order valence-corrected chi connectivity index (χ3v) is 2.55. The minimum atomic E-state index is -0.246. The topological polar surface area (TPSA) is 93.0 Å². The maximum absolute atomic E-state index is 12.0. The number of carbonyl (C=O) groups excluding carboxylic acids is 1. The number of nitrogens with zero attached hydrogens (tertiary/aromatic N) is 1. The molecule has 1 aromatic carbocycles. The van der Waals surface area contributed by atoms with Crippen LogP contribution in [0.5, 0.6) is 5.75 Å². The van der Waals surface area contributed by atoms with Gasteiger partial charge in [0.05, 0.1) is 24.6 Å². The van der Waals surface area contributed by atoms with Crippen LogP contribution in [0.4, 0.5) is 11.4 Å². The number of nitrogen functional groups attached to an aromatic ring is 1. The van der Waals surface area contributed by atoms with Crippen molar-refractivity contribution in [1.82, 2.24) is 10.2 Å². The van der Waals surface area contributed by atoms with Gasteiger partial charge in [0, 0.05) is 17.4 Å². The van der Waals surface area contributed by atoms with Crippen molar-refractivity contribution in [2.75, 3.05) is 18.2 Å². The SMILES string of the molecule is COc1cc(N)ccc1NC(=O)c1cn[nH]c1C. The van der Waals surface area contributed by atoms with Gasteiger partial charge < -0.3 is 15.8 Å². The van der Waals surface area contributed by atoms with Gasteiger partial charge in [0.2, 0.25) is 0 Å². The first-order valence-corrected chi connectivity index (χ1v) is 5.36. The van der Waals surface area contributed by atoms with Crippen LogP contribution in [0.3, 0.4) is 0 Å². The molecule has 2 aromatic rings. The number of amides is 1. The smallest absolute Gasteiger partial charge is 0.259 e. The Morgan fingerprint density at radius 2 is 2.28 bits per heavy atom. The van der Waals surface area contributed by atoms with E-state index in [4.69, 9.17) is 10.5 Å². The van der Waals surface area contributed by atoms with Crippen molar-refractivity contribution in [3.05, 3.63) is 35.7 Å². The van der Waals surface area contributed by atoms with Crippen molar-refractivity contribution in [2.24, 2.45) is 0 Å². The fourth-order valence-corrected chi connectivity index (χ4v) is 1.58. The number of aryl methyl sites for hydroxylation is 1. The molecule has 6 nitrogen and oxygen atoms in total. The van der Waals surface area contributed by atoms with Crippen molar-refractivity contribution in [1.29, 1.82) is 0 Å². The Morgan fingerprint density at radius 1 is 1.50 bits per heavy atom. The Hall–Kier alpha value is -2.50. The van der Waals surface area contributed by atoms with Crippen LogP contribution in [0.2, 0.25) is 0 Å². The van der Waals surface area contributed by atoms with Crippen LogP contribution in [-0.2, 0) is 0 Å². The summed E-state index contributed by atoms with van der Waals surface area (Å²) in [5, 5.41) is 9.27. The molecule has 0 aliphatic heterocycles. The lowest BCUT2D eigenvalue weighted by molar-refractivity contribution is 0.102. The Kier molecular flexibility index (Phi) is 3.18. The monoisotopic (exact) mass is 246 g/mol. The number of H-pyrrole nitrogens is 1. The molecule has 94 valence electrons. The predicted octanol–water partition coefficient (Wildman–Crippen LogP) is 1.56. The number of anilines is 2. The van der Waals surface area contributed by atoms with Crippen LogP contribution in [0.25, 0.3) is 0 Å². The van der Waals surface area contributed by atoms with E-state index in [2.05, 4.69) is 15.5 Å². The van der Waals surface area contributed by atoms with Gasteiger partial charge in [-0.3, -0.25) is 9.89 Å². The van der Waals surface area contributed by atoms with E-state index >= 15 is 0 Å². The molecular formula is C12H14N4O2. The van der Waals surface area contributed by atoms with E-state index in [1.807, 2.05) is 0 Å². The van der Waals surface area contributed by atoms with Crippen molar-refractivity contribution in [3.63, 3.8) is 0 Å². The highest BCUT2D eigenvalue weighted by atomic mass is 16.5. The minimum Gasteiger partial charge on any atom is -0.494 e. The van der Waals surface area contributed by atoms with Crippen molar-refractivity contribution < 1.29 is 9.53 Å². The van der Waals surface area contributed by atoms with Crippen molar-refractivity contribution in [3.8, 4) is 5.75 Å². The number of aromatic amines is 1. The number of hydrogen-bond acceptors (Lipinski definition) is 4. The molecule has 1 heterocycles. The van der Waals surface area contributed by atoms with Crippen LogP contribution in [0, 0.1) is 6.92 Å². The number of methoxy groups -OCH3 is 1. The third kappa shape index (κ3) is 2.27. The van der Waals surface area contributed by atoms with Gasteiger partial charge in [-0.25, -0.2) is 0 Å². The molecule has 1 aromatic heterocycles. The number of nitrogens with one attached hydrogen (secondary N) is 2. The molecule has 0 saturated heterocycles. The molecule has 2 rings (SSSR count). The van der Waals surface area contributed by atoms with Gasteiger partial charge in [0.25, 0.3) is 5.91 Å². The second-order valence-corrected chi connectivity index (χ2v) is 3.82. The van der Waals surface area contributed by atoms with Gasteiger partial charge in [-0.2, -0.15) is 5.10 Å². The Labute approximate surface area is 104 Å². The normalized spacial score (nSPS) is 10.1. The highest BCUT2D eigenvalue weighted by Gasteiger charge is 2.13. The molecule has 0 bridgehead atoms. The molecule has 0 aliphatic rings. The van der Waals surface area contributed by atoms with E-state index in [-0.39, 0.29) is 5.91 Å². The van der Waals surface area contributed by atoms with Crippen molar-refractivity contribution >= 4 is 17.3 Å². The number of nitrogens with two attached hydrogens (primary N) is 1. The molecule has 0 atom stereocenters. The Morgan fingerprint density at radius 3 is 2.89 bits per heavy atom. The first-order chi connectivity index (χ1) is 8.61. The highest BCUT2D eigenvalue weighted by Crippen LogP contribution is 2.27. The van der Waals surface area contributed by atoms with Crippen LogP contribution >= 0.6 is 0 Å². The summed E-state index contributed by atoms with van der Waals surface area (Å²) in [5.74, 6) is 0.272. The third-order valence-electron chi connectivity index (χ3n) is 2.55. The van der Waals surface area contributed by atoms with Crippen LogP contribution in [0.15, 0.2) is 24.4 Å². The lowest BCUT2D eigenvalue weighted by Crippen LogP contribution is -2.13. The largest absolute Gasteiger partial charge is 0.494 e. The second kappa shape index (κ2) is 4.79. The molecule has 0 unspecified atom stereocenters. The molecule has 0 radical (unpaired) electrons. The number of rotatable bonds is 3. The maximum atomic E-state index is 12.0. The van der Waals surface area contributed by atoms with Crippen LogP contribution in [-0.4, -0.2) is 23.2 Å². The Bertz CT molecular complexity index is 577. The predicted molar refractivity (Wildman–Crippen MR) is 68.7 cm³/mol. The first kappa shape index (κ1) is 12.0. The average molecular weight is 246 g/mol. The van der Waals surface area contributed by atoms with Gasteiger partial charge in [-0.1, -0.05) is 0 Å².